The van der Waals surface area contributed by atoms with Crippen molar-refractivity contribution in [2.24, 2.45) is 18.9 Å². The number of methoxy groups -OCH3 is 1. The monoisotopic (exact) mass is 860 g/mol. The molecule has 6 N–H and O–H groups in total. The van der Waals surface area contributed by atoms with E-state index >= 15 is 0 Å². The fraction of sp³-hybridized carbons (Fsp3) is 0.641. The van der Waals surface area contributed by atoms with Gasteiger partial charge in [-0.25, -0.2) is 9.18 Å². The van der Waals surface area contributed by atoms with Crippen molar-refractivity contribution in [3.05, 3.63) is 52.6 Å². The number of nitrogens with zero attached hydrogens (tertiary/aromatic N) is 2. The van der Waals surface area contributed by atoms with E-state index in [4.69, 9.17) is 49.0 Å². The van der Waals surface area contributed by atoms with Gasteiger partial charge in [0.25, 0.3) is 5.91 Å². The molecule has 60 heavy (non-hydrogen) atoms. The van der Waals surface area contributed by atoms with Crippen LogP contribution < -0.4 is 16.4 Å². The lowest BCUT2D eigenvalue weighted by Crippen LogP contribution is -2.39. The van der Waals surface area contributed by atoms with Gasteiger partial charge in [0.15, 0.2) is 6.73 Å². The summed E-state index contributed by atoms with van der Waals surface area (Å²) in [6.45, 7) is 4.92. The molecule has 2 atom stereocenters. The van der Waals surface area contributed by atoms with Crippen molar-refractivity contribution in [3.8, 4) is 0 Å². The average molecular weight is 861 g/mol. The summed E-state index contributed by atoms with van der Waals surface area (Å²) in [6.07, 6.45) is -4.75. The van der Waals surface area contributed by atoms with Crippen LogP contribution in [-0.2, 0) is 44.9 Å². The molecule has 0 radical (unpaired) electrons. The maximum absolute atomic E-state index is 13.9. The van der Waals surface area contributed by atoms with Crippen LogP contribution in [0.2, 0.25) is 0 Å². The molecule has 17 nitrogen and oxygen atoms in total. The van der Waals surface area contributed by atoms with Gasteiger partial charge in [-0.2, -0.15) is 18.3 Å². The zero-order chi connectivity index (χ0) is 43.7. The number of fused-ring (bicyclic) bond motifs is 1. The van der Waals surface area contributed by atoms with Crippen molar-refractivity contribution >= 4 is 29.3 Å². The molecular formula is C39H56F4N6O11. The Kier molecular flexibility index (Phi) is 19.0. The first-order valence-corrected chi connectivity index (χ1v) is 19.5. The van der Waals surface area contributed by atoms with E-state index in [0.29, 0.717) is 82.6 Å². The fourth-order valence-electron chi connectivity index (χ4n) is 7.28. The first kappa shape index (κ1) is 48.3. The Bertz CT molecular complexity index is 1730. The van der Waals surface area contributed by atoms with Crippen LogP contribution in [0, 0.1) is 30.0 Å². The van der Waals surface area contributed by atoms with Crippen LogP contribution in [0.1, 0.15) is 53.2 Å². The molecule has 21 heteroatoms. The first-order chi connectivity index (χ1) is 28.6. The molecule has 0 spiro atoms. The number of rotatable bonds is 26. The minimum atomic E-state index is -5.07. The van der Waals surface area contributed by atoms with Crippen LogP contribution in [0.15, 0.2) is 30.0 Å². The molecule has 0 aliphatic heterocycles. The number of benzene rings is 1. The third-order valence-corrected chi connectivity index (χ3v) is 10.1. The largest absolute Gasteiger partial charge is 0.510 e. The van der Waals surface area contributed by atoms with Gasteiger partial charge in [-0.05, 0) is 68.2 Å². The van der Waals surface area contributed by atoms with E-state index in [-0.39, 0.29) is 68.4 Å². The summed E-state index contributed by atoms with van der Waals surface area (Å²) in [5.74, 6) is -1.69. The highest BCUT2D eigenvalue weighted by Crippen LogP contribution is 2.56. The fourth-order valence-corrected chi connectivity index (χ4v) is 7.28. The third-order valence-electron chi connectivity index (χ3n) is 10.1. The first-order valence-electron chi connectivity index (χ1n) is 19.5. The topological polar surface area (TPSA) is 220 Å². The van der Waals surface area contributed by atoms with E-state index in [2.05, 4.69) is 15.7 Å². The summed E-state index contributed by atoms with van der Waals surface area (Å²) in [5.41, 5.74) is 3.06. The molecule has 4 rings (SSSR count). The Hall–Kier alpha value is -4.38. The molecule has 2 unspecified atom stereocenters. The molecule has 2 saturated carbocycles. The number of aryl methyl sites for hydroxylation is 2. The molecule has 336 valence electrons. The van der Waals surface area contributed by atoms with Gasteiger partial charge in [-0.3, -0.25) is 14.9 Å². The number of hydrogen-bond donors (Lipinski definition) is 5. The summed E-state index contributed by atoms with van der Waals surface area (Å²) >= 11 is 0. The summed E-state index contributed by atoms with van der Waals surface area (Å²) in [7, 11) is 3.19. The van der Waals surface area contributed by atoms with E-state index in [1.807, 2.05) is 0 Å². The van der Waals surface area contributed by atoms with Gasteiger partial charge in [-0.15, -0.1) is 0 Å². The van der Waals surface area contributed by atoms with Gasteiger partial charge in [0.1, 0.15) is 29.5 Å². The number of aliphatic hydroxyl groups is 1. The molecule has 2 aliphatic rings. The lowest BCUT2D eigenvalue weighted by molar-refractivity contribution is -0.0615. The lowest BCUT2D eigenvalue weighted by Gasteiger charge is -2.29. The number of nitrogens with two attached hydrogens (primary N) is 1. The highest BCUT2D eigenvalue weighted by molar-refractivity contribution is 6.08. The Balaban J connectivity index is 1.16. The van der Waals surface area contributed by atoms with Crippen molar-refractivity contribution in [2.75, 3.05) is 104 Å². The highest BCUT2D eigenvalue weighted by atomic mass is 19.4. The Morgan fingerprint density at radius 3 is 1.98 bits per heavy atom. The number of aromatic nitrogens is 2. The van der Waals surface area contributed by atoms with Gasteiger partial charge in [0.05, 0.1) is 84.0 Å². The predicted molar refractivity (Wildman–Crippen MR) is 208 cm³/mol. The maximum Gasteiger partial charge on any atom is 0.510 e. The van der Waals surface area contributed by atoms with Crippen LogP contribution in [0.3, 0.4) is 0 Å². The number of hydrogen-bond acceptors (Lipinski definition) is 15. The maximum atomic E-state index is 13.9. The van der Waals surface area contributed by atoms with Crippen molar-refractivity contribution in [3.63, 3.8) is 0 Å². The Morgan fingerprint density at radius 2 is 1.47 bits per heavy atom. The third kappa shape index (κ3) is 14.4. The Morgan fingerprint density at radius 1 is 0.933 bits per heavy atom. The predicted octanol–water partition coefficient (Wildman–Crippen LogP) is 4.23. The summed E-state index contributed by atoms with van der Waals surface area (Å²) < 4.78 is 98.2. The van der Waals surface area contributed by atoms with Crippen molar-refractivity contribution < 1.29 is 70.2 Å². The van der Waals surface area contributed by atoms with E-state index in [1.54, 1.807) is 21.1 Å². The average Bonchev–Trinajstić information content (AvgIpc) is 3.83. The van der Waals surface area contributed by atoms with Crippen molar-refractivity contribution in [2.45, 2.75) is 50.3 Å². The molecule has 1 aromatic heterocycles. The van der Waals surface area contributed by atoms with Crippen LogP contribution in [0.4, 0.5) is 33.9 Å². The molecule has 1 aromatic carbocycles. The van der Waals surface area contributed by atoms with Gasteiger partial charge in [-0.1, -0.05) is 0 Å². The second-order valence-electron chi connectivity index (χ2n) is 14.4. The summed E-state index contributed by atoms with van der Waals surface area (Å²) in [5, 5.41) is 29.2. The van der Waals surface area contributed by atoms with E-state index in [0.717, 1.165) is 6.20 Å². The number of halogens is 4. The minimum Gasteiger partial charge on any atom is -0.432 e. The zero-order valence-electron chi connectivity index (χ0n) is 34.1. The Labute approximate surface area is 345 Å². The second-order valence-corrected chi connectivity index (χ2v) is 14.4. The number of anilines is 2. The number of carbonyl (C=O) groups is 2. The number of carbonyl (C=O) groups excluding carboxylic acids is 2. The zero-order valence-corrected chi connectivity index (χ0v) is 34.1. The molecule has 1 amide bonds. The van der Waals surface area contributed by atoms with Crippen molar-refractivity contribution in [1.82, 2.24) is 15.1 Å². The molecule has 2 aliphatic carbocycles. The van der Waals surface area contributed by atoms with E-state index < -0.39 is 47.7 Å². The van der Waals surface area contributed by atoms with Crippen LogP contribution >= 0.6 is 0 Å². The van der Waals surface area contributed by atoms with Crippen LogP contribution in [-0.4, -0.2) is 138 Å². The molecular weight excluding hydrogens is 804 g/mol. The quantitative estimate of drug-likeness (QED) is 0.0294. The van der Waals surface area contributed by atoms with Gasteiger partial charge in [0.2, 0.25) is 0 Å². The van der Waals surface area contributed by atoms with Crippen molar-refractivity contribution in [1.29, 1.82) is 5.41 Å². The van der Waals surface area contributed by atoms with Gasteiger partial charge < -0.3 is 59.4 Å². The number of nitrogens with one attached hydrogen (secondary N) is 3. The van der Waals surface area contributed by atoms with Gasteiger partial charge in [0, 0.05) is 37.5 Å². The lowest BCUT2D eigenvalue weighted by atomic mass is 9.84. The number of amides is 1. The normalized spacial score (nSPS) is 20.3. The number of alkyl halides is 3. The standard InChI is InChI=1S/C39H56F4N6O11/c1-25-18-29(4-5-31(25)40)47-36(50)32-33(48-49(2)35(32)45)26-19-27-21-38(52,22-28(27)20-26)30(34(44)39(41,42)43)23-46-24-60-37(51)59-17-16-58-15-14-57-13-12-56-11-10-55-9-8-54-7-6-53-3/h4-5,18,23,26-28,44,46,52H,6-17,19-22,24,45H2,1-3H3,(H,47,50)/b30-23+,44-34?. The smallest absolute Gasteiger partial charge is 0.432 e. The molecule has 1 heterocycles. The number of nitrogen functional groups attached to an aromatic ring is 1. The highest BCUT2D eigenvalue weighted by Gasteiger charge is 2.54. The molecule has 2 aromatic rings. The molecule has 2 fully saturated rings. The SMILES string of the molecule is COCCOCCOCCOCCOCCOCCOC(=O)OCN/C=C(\C(=N)C(F)(F)F)C1(O)CC2CC(c3nn(C)c(N)c3C(=O)Nc3ccc(F)c(C)c3)CC2C1. The number of ether oxygens (including phenoxy) is 8. The van der Waals surface area contributed by atoms with Crippen LogP contribution in [0.25, 0.3) is 0 Å². The summed E-state index contributed by atoms with van der Waals surface area (Å²) in [6, 6.07) is 4.14. The minimum absolute atomic E-state index is 0.0376. The molecule has 0 saturated heterocycles. The van der Waals surface area contributed by atoms with Crippen LogP contribution in [0.5, 0.6) is 0 Å². The van der Waals surface area contributed by atoms with E-state index in [9.17, 15) is 32.3 Å². The summed E-state index contributed by atoms with van der Waals surface area (Å²) in [4.78, 5) is 25.4. The second kappa shape index (κ2) is 23.6. The van der Waals surface area contributed by atoms with Gasteiger partial charge >= 0.3 is 12.3 Å². The molecule has 0 bridgehead atoms. The van der Waals surface area contributed by atoms with E-state index in [1.165, 1.54) is 22.9 Å².